The number of nitrogens with zero attached hydrogens (tertiary/aromatic N) is 1. The minimum absolute atomic E-state index is 0.0414. The average molecular weight is 470 g/mol. The smallest absolute Gasteiger partial charge is 0.303 e. The number of aryl methyl sites for hydroxylation is 1. The van der Waals surface area contributed by atoms with Crippen molar-refractivity contribution in [3.63, 3.8) is 0 Å². The lowest BCUT2D eigenvalue weighted by atomic mass is 10.0. The van der Waals surface area contributed by atoms with Crippen LogP contribution in [-0.4, -0.2) is 24.5 Å². The number of hydrogen-bond donors (Lipinski definition) is 1. The van der Waals surface area contributed by atoms with Crippen molar-refractivity contribution in [2.24, 2.45) is 0 Å². The summed E-state index contributed by atoms with van der Waals surface area (Å²) in [6.45, 7) is 0. The lowest BCUT2D eigenvalue weighted by Gasteiger charge is -2.14. The second-order valence-electron chi connectivity index (χ2n) is 6.62. The van der Waals surface area contributed by atoms with Gasteiger partial charge in [0.05, 0.1) is 11.1 Å². The molecule has 0 aliphatic carbocycles. The van der Waals surface area contributed by atoms with Crippen molar-refractivity contribution in [1.82, 2.24) is 4.98 Å². The molecule has 10 heteroatoms. The third-order valence-electron chi connectivity index (χ3n) is 4.53. The molecule has 0 aliphatic rings. The highest BCUT2D eigenvalue weighted by atomic mass is 35.5. The van der Waals surface area contributed by atoms with Crippen molar-refractivity contribution in [1.29, 1.82) is 0 Å². The van der Waals surface area contributed by atoms with E-state index in [1.165, 1.54) is 24.3 Å². The van der Waals surface area contributed by atoms with Crippen LogP contribution >= 0.6 is 11.6 Å². The highest BCUT2D eigenvalue weighted by Crippen LogP contribution is 2.31. The van der Waals surface area contributed by atoms with Gasteiger partial charge in [0.15, 0.2) is 0 Å². The summed E-state index contributed by atoms with van der Waals surface area (Å²) in [6, 6.07) is 7.46. The quantitative estimate of drug-likeness (QED) is 0.547. The van der Waals surface area contributed by atoms with E-state index in [-0.39, 0.29) is 34.0 Å². The van der Waals surface area contributed by atoms with Crippen LogP contribution in [0.4, 0.5) is 13.2 Å². The van der Waals surface area contributed by atoms with E-state index < -0.39 is 50.1 Å². The third kappa shape index (κ3) is 5.05. The molecule has 0 radical (unpaired) electrons. The van der Waals surface area contributed by atoms with Crippen LogP contribution in [0.5, 0.6) is 0 Å². The monoisotopic (exact) mass is 469 g/mol. The molecule has 0 saturated heterocycles. The molecule has 3 rings (SSSR count). The number of carbonyl (C=O) groups is 1. The summed E-state index contributed by atoms with van der Waals surface area (Å²) >= 11 is 5.78. The van der Waals surface area contributed by atoms with Crippen LogP contribution in [0.1, 0.15) is 23.2 Å². The third-order valence-corrected chi connectivity index (χ3v) is 6.65. The lowest BCUT2D eigenvalue weighted by molar-refractivity contribution is -0.136. The summed E-state index contributed by atoms with van der Waals surface area (Å²) in [6.07, 6.45) is -0.115. The molecule has 5 nitrogen and oxygen atoms in total. The number of rotatable bonds is 7. The molecule has 31 heavy (non-hydrogen) atoms. The molecule has 0 fully saturated rings. The fourth-order valence-corrected chi connectivity index (χ4v) is 4.73. The number of sulfone groups is 1. The molecule has 0 amide bonds. The number of aliphatic carboxylic acids is 1. The predicted molar refractivity (Wildman–Crippen MR) is 106 cm³/mol. The first-order chi connectivity index (χ1) is 14.6. The van der Waals surface area contributed by atoms with Gasteiger partial charge in [0.1, 0.15) is 22.3 Å². The van der Waals surface area contributed by atoms with E-state index in [9.17, 15) is 26.4 Å². The molecule has 0 bridgehead atoms. The van der Waals surface area contributed by atoms with Gasteiger partial charge in [-0.15, -0.1) is 0 Å². The molecule has 2 aromatic carbocycles. The highest BCUT2D eigenvalue weighted by Gasteiger charge is 2.28. The van der Waals surface area contributed by atoms with Gasteiger partial charge in [-0.2, -0.15) is 0 Å². The van der Waals surface area contributed by atoms with Gasteiger partial charge in [-0.1, -0.05) is 11.6 Å². The number of carboxylic acids is 1. The minimum atomic E-state index is -4.48. The summed E-state index contributed by atoms with van der Waals surface area (Å²) in [5.74, 6) is -4.04. The fraction of sp³-hybridized carbons (Fsp3) is 0.143. The van der Waals surface area contributed by atoms with Gasteiger partial charge in [-0.3, -0.25) is 9.78 Å². The standard InChI is InChI=1S/C21H15ClF3NO4S/c22-13-2-4-15(5-3-13)31(29,30)21-16(17(24)6-7-18(21)25)10-19-12(1-8-20(27)28)9-14(23)11-26-19/h2-7,9,11H,1,8,10H2,(H,27,28). The normalized spacial score (nSPS) is 11.5. The van der Waals surface area contributed by atoms with E-state index in [2.05, 4.69) is 4.98 Å². The summed E-state index contributed by atoms with van der Waals surface area (Å²) in [5, 5.41) is 9.15. The topological polar surface area (TPSA) is 84.3 Å². The van der Waals surface area contributed by atoms with Crippen LogP contribution in [0.3, 0.4) is 0 Å². The Morgan fingerprint density at radius 3 is 2.32 bits per heavy atom. The number of aromatic nitrogens is 1. The molecule has 0 spiro atoms. The maximum absolute atomic E-state index is 14.7. The van der Waals surface area contributed by atoms with E-state index in [1.807, 2.05) is 0 Å². The Morgan fingerprint density at radius 1 is 1.03 bits per heavy atom. The molecule has 3 aromatic rings. The molecule has 1 N–H and O–H groups in total. The number of hydrogen-bond acceptors (Lipinski definition) is 4. The van der Waals surface area contributed by atoms with Gasteiger partial charge in [0, 0.05) is 29.1 Å². The van der Waals surface area contributed by atoms with Crippen molar-refractivity contribution in [3.8, 4) is 0 Å². The Bertz CT molecular complexity index is 1250. The zero-order chi connectivity index (χ0) is 22.8. The van der Waals surface area contributed by atoms with Gasteiger partial charge in [0.2, 0.25) is 9.84 Å². The molecule has 1 aromatic heterocycles. The first-order valence-corrected chi connectivity index (χ1v) is 10.8. The van der Waals surface area contributed by atoms with Crippen molar-refractivity contribution in [2.75, 3.05) is 0 Å². The lowest BCUT2D eigenvalue weighted by Crippen LogP contribution is -2.12. The second-order valence-corrected chi connectivity index (χ2v) is 8.95. The first-order valence-electron chi connectivity index (χ1n) is 8.92. The number of carboxylic acid groups (broad SMARTS) is 1. The van der Waals surface area contributed by atoms with Crippen LogP contribution in [-0.2, 0) is 27.5 Å². The molecule has 1 heterocycles. The zero-order valence-electron chi connectivity index (χ0n) is 15.8. The Balaban J connectivity index is 2.13. The molecule has 0 saturated carbocycles. The van der Waals surface area contributed by atoms with E-state index in [4.69, 9.17) is 16.7 Å². The van der Waals surface area contributed by atoms with Crippen LogP contribution in [0.2, 0.25) is 5.02 Å². The van der Waals surface area contributed by atoms with Crippen molar-refractivity contribution in [3.05, 3.63) is 88.0 Å². The summed E-state index contributed by atoms with van der Waals surface area (Å²) in [5.41, 5.74) is -0.300. The fourth-order valence-electron chi connectivity index (χ4n) is 3.06. The van der Waals surface area contributed by atoms with E-state index in [1.54, 1.807) is 0 Å². The van der Waals surface area contributed by atoms with Crippen molar-refractivity contribution >= 4 is 27.4 Å². The van der Waals surface area contributed by atoms with E-state index >= 15 is 0 Å². The Hall–Kier alpha value is -2.91. The maximum Gasteiger partial charge on any atom is 0.303 e. The number of halogens is 4. The molecular weight excluding hydrogens is 455 g/mol. The SMILES string of the molecule is O=C(O)CCc1cc(F)cnc1Cc1c(F)ccc(F)c1S(=O)(=O)c1ccc(Cl)cc1. The van der Waals surface area contributed by atoms with Crippen molar-refractivity contribution < 1.29 is 31.5 Å². The van der Waals surface area contributed by atoms with E-state index in [0.717, 1.165) is 18.3 Å². The molecule has 0 unspecified atom stereocenters. The zero-order valence-corrected chi connectivity index (χ0v) is 17.4. The Morgan fingerprint density at radius 2 is 1.68 bits per heavy atom. The Kier molecular flexibility index (Phi) is 6.66. The van der Waals surface area contributed by atoms with Gasteiger partial charge in [-0.05, 0) is 54.4 Å². The number of pyridine rings is 1. The first kappa shape index (κ1) is 22.8. The van der Waals surface area contributed by atoms with Gasteiger partial charge < -0.3 is 5.11 Å². The summed E-state index contributed by atoms with van der Waals surface area (Å²) in [4.78, 5) is 13.6. The number of benzene rings is 2. The average Bonchev–Trinajstić information content (AvgIpc) is 2.70. The highest BCUT2D eigenvalue weighted by molar-refractivity contribution is 7.91. The van der Waals surface area contributed by atoms with Crippen LogP contribution in [0.15, 0.2) is 58.5 Å². The van der Waals surface area contributed by atoms with Crippen molar-refractivity contribution in [2.45, 2.75) is 29.1 Å². The van der Waals surface area contributed by atoms with Gasteiger partial charge in [0.25, 0.3) is 0 Å². The van der Waals surface area contributed by atoms with Crippen LogP contribution in [0.25, 0.3) is 0 Å². The van der Waals surface area contributed by atoms with E-state index in [0.29, 0.717) is 6.07 Å². The second kappa shape index (κ2) is 9.07. The largest absolute Gasteiger partial charge is 0.481 e. The maximum atomic E-state index is 14.7. The molecule has 0 aliphatic heterocycles. The Labute approximate surface area is 181 Å². The van der Waals surface area contributed by atoms with Crippen LogP contribution < -0.4 is 0 Å². The van der Waals surface area contributed by atoms with Gasteiger partial charge in [-0.25, -0.2) is 21.6 Å². The predicted octanol–water partition coefficient (Wildman–Crippen LogP) is 4.59. The molecular formula is C21H15ClF3NO4S. The molecule has 162 valence electrons. The summed E-state index contributed by atoms with van der Waals surface area (Å²) < 4.78 is 69.2. The minimum Gasteiger partial charge on any atom is -0.481 e. The summed E-state index contributed by atoms with van der Waals surface area (Å²) in [7, 11) is -4.48. The van der Waals surface area contributed by atoms with Crippen LogP contribution in [0, 0.1) is 17.5 Å². The molecule has 0 atom stereocenters. The van der Waals surface area contributed by atoms with Gasteiger partial charge >= 0.3 is 5.97 Å².